The topological polar surface area (TPSA) is 48.4 Å². The summed E-state index contributed by atoms with van der Waals surface area (Å²) >= 11 is 1.53. The van der Waals surface area contributed by atoms with Crippen molar-refractivity contribution in [1.29, 1.82) is 0 Å². The summed E-state index contributed by atoms with van der Waals surface area (Å²) in [7, 11) is 0. The number of carbonyl (C=O) groups excluding carboxylic acids is 1. The van der Waals surface area contributed by atoms with Gasteiger partial charge in [0.25, 0.3) is 0 Å². The zero-order valence-electron chi connectivity index (χ0n) is 17.1. The molecule has 3 atom stereocenters. The first-order valence-corrected chi connectivity index (χ1v) is 10.9. The molecule has 4 nitrogen and oxygen atoms in total. The normalized spacial score (nSPS) is 21.5. The minimum atomic E-state index is -4.52. The lowest BCUT2D eigenvalue weighted by molar-refractivity contribution is -0.216. The van der Waals surface area contributed by atoms with Crippen molar-refractivity contribution in [3.63, 3.8) is 0 Å². The van der Waals surface area contributed by atoms with Gasteiger partial charge in [-0.3, -0.25) is 9.78 Å². The third-order valence-electron chi connectivity index (χ3n) is 5.38. The molecule has 164 valence electrons. The van der Waals surface area contributed by atoms with Crippen LogP contribution in [0.15, 0.2) is 48.8 Å². The van der Waals surface area contributed by atoms with E-state index in [9.17, 15) is 18.0 Å². The summed E-state index contributed by atoms with van der Waals surface area (Å²) in [6, 6.07) is 11.1. The maximum absolute atomic E-state index is 13.8. The Bertz CT molecular complexity index is 1060. The van der Waals surface area contributed by atoms with Gasteiger partial charge in [-0.05, 0) is 48.6 Å². The van der Waals surface area contributed by atoms with Crippen molar-refractivity contribution in [1.82, 2.24) is 4.98 Å². The number of thiophene rings is 1. The number of rotatable bonds is 5. The predicted molar refractivity (Wildman–Crippen MR) is 113 cm³/mol. The van der Waals surface area contributed by atoms with E-state index in [1.165, 1.54) is 11.3 Å². The van der Waals surface area contributed by atoms with Gasteiger partial charge in [-0.15, -0.1) is 11.3 Å². The molecule has 1 aliphatic rings. The van der Waals surface area contributed by atoms with Gasteiger partial charge in [0.2, 0.25) is 0 Å². The molecule has 4 rings (SSSR count). The largest absolute Gasteiger partial charge is 0.490 e. The standard InChI is InChI=1S/C23H22F3NO3S/c1-13(2)22(28)30-18-8-7-17(21(18)23(24,25)26)29-16-6-5-14-10-19(31-20(14)11-16)15-4-3-9-27-12-15/h3-6,9-13,17-18,21H,7-8H2,1-2H3. The van der Waals surface area contributed by atoms with E-state index in [1.807, 2.05) is 24.3 Å². The Hall–Kier alpha value is -2.61. The lowest BCUT2D eigenvalue weighted by atomic mass is 10.0. The molecule has 31 heavy (non-hydrogen) atoms. The van der Waals surface area contributed by atoms with Crippen molar-refractivity contribution < 1.29 is 27.4 Å². The Morgan fingerprint density at radius 1 is 1.16 bits per heavy atom. The van der Waals surface area contributed by atoms with Gasteiger partial charge in [-0.25, -0.2) is 0 Å². The van der Waals surface area contributed by atoms with Gasteiger partial charge >= 0.3 is 12.1 Å². The fourth-order valence-corrected chi connectivity index (χ4v) is 4.89. The van der Waals surface area contributed by atoms with Crippen LogP contribution in [-0.4, -0.2) is 29.3 Å². The Morgan fingerprint density at radius 2 is 1.94 bits per heavy atom. The van der Waals surface area contributed by atoms with Crippen molar-refractivity contribution >= 4 is 27.4 Å². The van der Waals surface area contributed by atoms with Gasteiger partial charge in [0.15, 0.2) is 0 Å². The molecular weight excluding hydrogens is 427 g/mol. The smallest absolute Gasteiger partial charge is 0.398 e. The van der Waals surface area contributed by atoms with E-state index < -0.39 is 36.2 Å². The molecule has 1 aliphatic carbocycles. The Morgan fingerprint density at radius 3 is 2.61 bits per heavy atom. The molecule has 0 spiro atoms. The first-order chi connectivity index (χ1) is 14.7. The van der Waals surface area contributed by atoms with Gasteiger partial charge in [0.05, 0.1) is 5.92 Å². The van der Waals surface area contributed by atoms with Gasteiger partial charge in [-0.1, -0.05) is 19.9 Å². The summed E-state index contributed by atoms with van der Waals surface area (Å²) < 4.78 is 53.2. The molecule has 1 fully saturated rings. The minimum absolute atomic E-state index is 0.125. The summed E-state index contributed by atoms with van der Waals surface area (Å²) in [5.41, 5.74) is 0.980. The number of alkyl halides is 3. The molecule has 0 amide bonds. The molecule has 1 saturated carbocycles. The highest BCUT2D eigenvalue weighted by Gasteiger charge is 2.55. The fourth-order valence-electron chi connectivity index (χ4n) is 3.81. The molecule has 0 aliphatic heterocycles. The van der Waals surface area contributed by atoms with Gasteiger partial charge in [0, 0.05) is 27.5 Å². The number of benzene rings is 1. The first kappa shape index (κ1) is 21.6. The lowest BCUT2D eigenvalue weighted by Gasteiger charge is -2.27. The van der Waals surface area contributed by atoms with Crippen molar-refractivity contribution in [3.05, 3.63) is 48.8 Å². The number of ether oxygens (including phenoxy) is 2. The Balaban J connectivity index is 1.55. The predicted octanol–water partition coefficient (Wildman–Crippen LogP) is 6.25. The lowest BCUT2D eigenvalue weighted by Crippen LogP contribution is -2.41. The Kier molecular flexibility index (Phi) is 5.92. The maximum Gasteiger partial charge on any atom is 0.398 e. The molecule has 1 aromatic carbocycles. The summed E-state index contributed by atoms with van der Waals surface area (Å²) in [5, 5.41) is 0.985. The van der Waals surface area contributed by atoms with E-state index in [4.69, 9.17) is 9.47 Å². The second kappa shape index (κ2) is 8.49. The van der Waals surface area contributed by atoms with Crippen molar-refractivity contribution in [2.75, 3.05) is 0 Å². The molecule has 8 heteroatoms. The van der Waals surface area contributed by atoms with E-state index in [-0.39, 0.29) is 12.8 Å². The monoisotopic (exact) mass is 449 g/mol. The van der Waals surface area contributed by atoms with Crippen LogP contribution in [0.3, 0.4) is 0 Å². The third kappa shape index (κ3) is 4.69. The van der Waals surface area contributed by atoms with Gasteiger partial charge in [-0.2, -0.15) is 13.2 Å². The van der Waals surface area contributed by atoms with Crippen LogP contribution in [0.2, 0.25) is 0 Å². The van der Waals surface area contributed by atoms with Crippen LogP contribution in [0.4, 0.5) is 13.2 Å². The highest BCUT2D eigenvalue weighted by atomic mass is 32.1. The zero-order chi connectivity index (χ0) is 22.2. The number of hydrogen-bond donors (Lipinski definition) is 0. The number of nitrogens with zero attached hydrogens (tertiary/aromatic N) is 1. The third-order valence-corrected chi connectivity index (χ3v) is 6.53. The number of hydrogen-bond acceptors (Lipinski definition) is 5. The molecule has 3 unspecified atom stereocenters. The van der Waals surface area contributed by atoms with E-state index >= 15 is 0 Å². The number of carbonyl (C=O) groups is 1. The molecular formula is C23H22F3NO3S. The number of fused-ring (bicyclic) bond motifs is 1. The highest BCUT2D eigenvalue weighted by molar-refractivity contribution is 7.22. The summed E-state index contributed by atoms with van der Waals surface area (Å²) in [4.78, 5) is 17.0. The number of pyridine rings is 1. The van der Waals surface area contributed by atoms with E-state index in [0.717, 1.165) is 20.5 Å². The van der Waals surface area contributed by atoms with Crippen LogP contribution in [0.25, 0.3) is 20.5 Å². The van der Waals surface area contributed by atoms with Gasteiger partial charge in [0.1, 0.15) is 23.9 Å². The van der Waals surface area contributed by atoms with Crippen LogP contribution in [-0.2, 0) is 9.53 Å². The van der Waals surface area contributed by atoms with E-state index in [1.54, 1.807) is 38.4 Å². The number of esters is 1. The SMILES string of the molecule is CC(C)C(=O)OC1CCC(Oc2ccc3cc(-c4cccnc4)sc3c2)C1C(F)(F)F. The molecule has 0 saturated heterocycles. The summed E-state index contributed by atoms with van der Waals surface area (Å²) in [5.74, 6) is -2.57. The molecule has 2 aromatic heterocycles. The minimum Gasteiger partial charge on any atom is -0.490 e. The number of aromatic nitrogens is 1. The summed E-state index contributed by atoms with van der Waals surface area (Å²) in [6.07, 6.45) is -3.07. The second-order valence-electron chi connectivity index (χ2n) is 7.98. The Labute approximate surface area is 182 Å². The fraction of sp³-hybridized carbons (Fsp3) is 0.391. The highest BCUT2D eigenvalue weighted by Crippen LogP contribution is 2.43. The first-order valence-electron chi connectivity index (χ1n) is 10.1. The van der Waals surface area contributed by atoms with Gasteiger partial charge < -0.3 is 9.47 Å². The molecule has 3 aromatic rings. The van der Waals surface area contributed by atoms with Crippen LogP contribution in [0.5, 0.6) is 5.75 Å². The van der Waals surface area contributed by atoms with Crippen molar-refractivity contribution in [3.8, 4) is 16.2 Å². The number of halogens is 3. The zero-order valence-corrected chi connectivity index (χ0v) is 17.9. The summed E-state index contributed by atoms with van der Waals surface area (Å²) in [6.45, 7) is 3.20. The van der Waals surface area contributed by atoms with Crippen molar-refractivity contribution in [2.24, 2.45) is 11.8 Å². The molecule has 0 N–H and O–H groups in total. The average Bonchev–Trinajstić information content (AvgIpc) is 3.32. The van der Waals surface area contributed by atoms with Crippen LogP contribution in [0.1, 0.15) is 26.7 Å². The maximum atomic E-state index is 13.8. The quantitative estimate of drug-likeness (QED) is 0.432. The van der Waals surface area contributed by atoms with Crippen molar-refractivity contribution in [2.45, 2.75) is 45.1 Å². The van der Waals surface area contributed by atoms with Crippen LogP contribution < -0.4 is 4.74 Å². The molecule has 0 bridgehead atoms. The molecule has 0 radical (unpaired) electrons. The second-order valence-corrected chi connectivity index (χ2v) is 9.07. The van der Waals surface area contributed by atoms with Crippen LogP contribution >= 0.6 is 11.3 Å². The van der Waals surface area contributed by atoms with E-state index in [0.29, 0.717) is 5.75 Å². The van der Waals surface area contributed by atoms with Crippen LogP contribution in [0, 0.1) is 11.8 Å². The molecule has 2 heterocycles. The average molecular weight is 449 g/mol. The van der Waals surface area contributed by atoms with E-state index in [2.05, 4.69) is 4.98 Å².